The van der Waals surface area contributed by atoms with Crippen LogP contribution in [0.5, 0.6) is 0 Å². The summed E-state index contributed by atoms with van der Waals surface area (Å²) in [6, 6.07) is 19.9. The van der Waals surface area contributed by atoms with Gasteiger partial charge in [-0.05, 0) is 29.8 Å². The number of para-hydroxylation sites is 1. The zero-order chi connectivity index (χ0) is 19.4. The first kappa shape index (κ1) is 22.3. The Balaban J connectivity index is 0.00000280. The Hall–Kier alpha value is -2.00. The molecule has 0 aliphatic carbocycles. The van der Waals surface area contributed by atoms with Crippen LogP contribution in [0, 0.1) is 45.0 Å². The Bertz CT molecular complexity index is 1080. The average molecular weight is 615 g/mol. The van der Waals surface area contributed by atoms with Crippen molar-refractivity contribution < 1.29 is 44.3 Å². The molecule has 6 heteroatoms. The van der Waals surface area contributed by atoms with Crippen molar-refractivity contribution in [3.05, 3.63) is 109 Å². The Morgan fingerprint density at radius 2 is 1.46 bits per heavy atom. The van der Waals surface area contributed by atoms with E-state index >= 15 is 0 Å². The summed E-state index contributed by atoms with van der Waals surface area (Å²) >= 11 is 0. The number of sulfonamides is 1. The van der Waals surface area contributed by atoms with Crippen LogP contribution >= 0.6 is 0 Å². The van der Waals surface area contributed by atoms with E-state index in [1.165, 1.54) is 12.1 Å². The van der Waals surface area contributed by atoms with Crippen molar-refractivity contribution in [3.8, 4) is 0 Å². The second-order valence-corrected chi connectivity index (χ2v) is 7.67. The summed E-state index contributed by atoms with van der Waals surface area (Å²) in [5.41, 5.74) is 2.47. The monoisotopic (exact) mass is 615 g/mol. The topological polar surface area (TPSA) is 63.2 Å². The van der Waals surface area contributed by atoms with Gasteiger partial charge in [0.25, 0.3) is 10.0 Å². The number of carbonyl (C=O) groups is 1. The number of benzene rings is 3. The molecule has 0 spiro atoms. The number of hydrogen-bond donors (Lipinski definition) is 1. The molecule has 0 amide bonds. The van der Waals surface area contributed by atoms with Crippen LogP contribution in [-0.2, 0) is 16.4 Å². The van der Waals surface area contributed by atoms with Gasteiger partial charge in [0.15, 0.2) is 5.78 Å². The number of rotatable bonds is 6. The van der Waals surface area contributed by atoms with Crippen molar-refractivity contribution in [1.29, 1.82) is 0 Å². The smallest absolute Gasteiger partial charge is 0.350 e. The minimum atomic E-state index is -3.80. The van der Waals surface area contributed by atoms with E-state index in [2.05, 4.69) is 18.6 Å². The third-order valence-electron chi connectivity index (χ3n) is 4.24. The summed E-state index contributed by atoms with van der Waals surface area (Å²) in [6.07, 6.45) is 0.415. The van der Waals surface area contributed by atoms with Gasteiger partial charge < -0.3 is 6.92 Å². The summed E-state index contributed by atoms with van der Waals surface area (Å²) in [7, 11) is -3.80. The summed E-state index contributed by atoms with van der Waals surface area (Å²) < 4.78 is 27.8. The molecular formula is C22H19NO3SU. The van der Waals surface area contributed by atoms with Crippen molar-refractivity contribution in [2.75, 3.05) is 4.72 Å². The largest absolute Gasteiger partial charge is 2.00 e. The molecule has 0 bridgehead atoms. The number of carbonyl (C=O) groups excluding carboxylic acids is 1. The van der Waals surface area contributed by atoms with Crippen LogP contribution in [0.4, 0.5) is 5.69 Å². The van der Waals surface area contributed by atoms with Crippen LogP contribution in [0.2, 0.25) is 0 Å². The van der Waals surface area contributed by atoms with Crippen molar-refractivity contribution in [2.24, 2.45) is 0 Å². The Labute approximate surface area is 189 Å². The van der Waals surface area contributed by atoms with Crippen LogP contribution in [0.25, 0.3) is 0 Å². The van der Waals surface area contributed by atoms with E-state index in [1.54, 1.807) is 54.6 Å². The van der Waals surface area contributed by atoms with E-state index in [-0.39, 0.29) is 53.0 Å². The molecule has 0 aromatic heterocycles. The molecule has 140 valence electrons. The number of nitrogens with one attached hydrogen (secondary N) is 1. The third kappa shape index (κ3) is 4.70. The van der Waals surface area contributed by atoms with Gasteiger partial charge in [0.2, 0.25) is 0 Å². The fourth-order valence-corrected chi connectivity index (χ4v) is 3.96. The van der Waals surface area contributed by atoms with Crippen LogP contribution in [0.3, 0.4) is 0 Å². The molecule has 28 heavy (non-hydrogen) atoms. The van der Waals surface area contributed by atoms with Crippen LogP contribution < -0.4 is 4.72 Å². The molecule has 0 heterocycles. The van der Waals surface area contributed by atoms with E-state index < -0.39 is 10.0 Å². The second kappa shape index (κ2) is 9.47. The van der Waals surface area contributed by atoms with Crippen molar-refractivity contribution in [2.45, 2.75) is 11.3 Å². The molecule has 0 aliphatic heterocycles. The third-order valence-corrected chi connectivity index (χ3v) is 5.62. The molecule has 0 unspecified atom stereocenters. The molecule has 0 aliphatic rings. The van der Waals surface area contributed by atoms with Crippen molar-refractivity contribution in [1.82, 2.24) is 0 Å². The van der Waals surface area contributed by atoms with E-state index in [4.69, 9.17) is 0 Å². The molecular weight excluding hydrogens is 596 g/mol. The van der Waals surface area contributed by atoms with Gasteiger partial charge in [0.1, 0.15) is 0 Å². The van der Waals surface area contributed by atoms with Crippen LogP contribution in [0.15, 0.2) is 77.7 Å². The molecule has 0 fully saturated rings. The summed E-state index contributed by atoms with van der Waals surface area (Å²) in [4.78, 5) is 13.3. The molecule has 4 nitrogen and oxygen atoms in total. The summed E-state index contributed by atoms with van der Waals surface area (Å²) in [6.45, 7) is 7.82. The van der Waals surface area contributed by atoms with Crippen LogP contribution in [-0.4, -0.2) is 14.2 Å². The summed E-state index contributed by atoms with van der Waals surface area (Å²) in [5.74, 6) is -0.273. The fraction of sp³-hybridized carbons (Fsp3) is 0.0455. The first-order valence-electron chi connectivity index (χ1n) is 8.38. The predicted octanol–water partition coefficient (Wildman–Crippen LogP) is 4.28. The molecule has 0 radical (unpaired) electrons. The van der Waals surface area contributed by atoms with Gasteiger partial charge in [-0.25, -0.2) is 14.8 Å². The van der Waals surface area contributed by atoms with E-state index in [9.17, 15) is 13.2 Å². The predicted molar refractivity (Wildman–Crippen MR) is 107 cm³/mol. The number of hydrogen-bond acceptors (Lipinski definition) is 3. The van der Waals surface area contributed by atoms with Gasteiger partial charge in [-0.3, -0.25) is 9.52 Å². The van der Waals surface area contributed by atoms with Gasteiger partial charge in [-0.15, -0.1) is 6.07 Å². The van der Waals surface area contributed by atoms with E-state index in [0.717, 1.165) is 11.1 Å². The quantitative estimate of drug-likeness (QED) is 0.333. The van der Waals surface area contributed by atoms with E-state index in [1.807, 2.05) is 6.07 Å². The molecule has 3 aromatic carbocycles. The SMILES string of the molecule is [CH2-]Cc1c([CH2-])cccc1C(=O)c1ccccc1NS(=O)(=O)c1ccccc1.[U+2]. The van der Waals surface area contributed by atoms with Crippen molar-refractivity contribution >= 4 is 21.5 Å². The Morgan fingerprint density at radius 3 is 2.14 bits per heavy atom. The maximum atomic E-state index is 13.1. The van der Waals surface area contributed by atoms with Crippen LogP contribution in [0.1, 0.15) is 27.0 Å². The standard InChI is InChI=1S/C22H19NO3S.U/c1-3-18-16(2)10-9-14-19(18)22(24)20-13-7-8-15-21(20)23-27(25,26)17-11-5-4-6-12-17;/h4-15,23H,1-3H2;/q-2;+2. The van der Waals surface area contributed by atoms with Gasteiger partial charge >= 0.3 is 31.1 Å². The number of ketones is 1. The van der Waals surface area contributed by atoms with Gasteiger partial charge in [0, 0.05) is 5.56 Å². The molecule has 0 saturated carbocycles. The second-order valence-electron chi connectivity index (χ2n) is 5.99. The molecule has 3 rings (SSSR count). The first-order valence-corrected chi connectivity index (χ1v) is 9.87. The Kier molecular flexibility index (Phi) is 7.54. The van der Waals surface area contributed by atoms with E-state index in [0.29, 0.717) is 12.0 Å². The first-order chi connectivity index (χ1) is 12.9. The minimum Gasteiger partial charge on any atom is -0.350 e. The minimum absolute atomic E-state index is 0. The molecule has 0 saturated heterocycles. The molecule has 1 N–H and O–H groups in total. The average Bonchev–Trinajstić information content (AvgIpc) is 2.68. The maximum Gasteiger partial charge on any atom is 2.00 e. The molecule has 0 atom stereocenters. The molecule has 3 aromatic rings. The van der Waals surface area contributed by atoms with Gasteiger partial charge in [-0.1, -0.05) is 36.4 Å². The maximum absolute atomic E-state index is 13.1. The normalized spacial score (nSPS) is 10.8. The van der Waals surface area contributed by atoms with Gasteiger partial charge in [0.05, 0.1) is 10.6 Å². The van der Waals surface area contributed by atoms with Crippen molar-refractivity contribution in [3.63, 3.8) is 0 Å². The number of anilines is 1. The Morgan fingerprint density at radius 1 is 0.857 bits per heavy atom. The summed E-state index contributed by atoms with van der Waals surface area (Å²) in [5, 5.41) is 0. The zero-order valence-corrected chi connectivity index (χ0v) is 20.2. The zero-order valence-electron chi connectivity index (χ0n) is 15.2. The fourth-order valence-electron chi connectivity index (χ4n) is 2.86. The van der Waals surface area contributed by atoms with Gasteiger partial charge in [-0.2, -0.15) is 24.1 Å².